The Hall–Kier alpha value is -0.650. The average Bonchev–Trinajstić information content (AvgIpc) is 2.26. The van der Waals surface area contributed by atoms with Crippen LogP contribution >= 0.6 is 0 Å². The van der Waals surface area contributed by atoms with E-state index in [0.717, 1.165) is 26.2 Å². The number of hydrogen-bond donors (Lipinski definition) is 2. The van der Waals surface area contributed by atoms with Crippen molar-refractivity contribution in [1.82, 2.24) is 10.2 Å². The fraction of sp³-hybridized carbons (Fsp3) is 0.923. The zero-order chi connectivity index (χ0) is 13.8. The van der Waals surface area contributed by atoms with E-state index in [1.165, 1.54) is 0 Å². The third-order valence-electron chi connectivity index (χ3n) is 3.43. The molecule has 5 nitrogen and oxygen atoms in total. The van der Waals surface area contributed by atoms with E-state index in [4.69, 9.17) is 10.5 Å². The molecule has 2 unspecified atom stereocenters. The maximum absolute atomic E-state index is 11.7. The van der Waals surface area contributed by atoms with Gasteiger partial charge in [0, 0.05) is 38.1 Å². The number of rotatable bonds is 5. The molecule has 0 saturated carbocycles. The van der Waals surface area contributed by atoms with Gasteiger partial charge in [-0.25, -0.2) is 0 Å². The van der Waals surface area contributed by atoms with Gasteiger partial charge in [-0.3, -0.25) is 9.69 Å². The summed E-state index contributed by atoms with van der Waals surface area (Å²) in [4.78, 5) is 14.0. The van der Waals surface area contributed by atoms with Crippen LogP contribution in [-0.2, 0) is 9.53 Å². The molecule has 1 aliphatic rings. The highest BCUT2D eigenvalue weighted by atomic mass is 16.5. The van der Waals surface area contributed by atoms with Crippen LogP contribution < -0.4 is 11.1 Å². The van der Waals surface area contributed by atoms with Crippen LogP contribution in [0, 0.1) is 5.92 Å². The summed E-state index contributed by atoms with van der Waals surface area (Å²) in [5.74, 6) is -0.0938. The Morgan fingerprint density at radius 3 is 2.72 bits per heavy atom. The molecule has 0 radical (unpaired) electrons. The van der Waals surface area contributed by atoms with Crippen LogP contribution in [-0.4, -0.2) is 55.2 Å². The van der Waals surface area contributed by atoms with E-state index in [-0.39, 0.29) is 23.5 Å². The van der Waals surface area contributed by atoms with E-state index < -0.39 is 0 Å². The lowest BCUT2D eigenvalue weighted by Gasteiger charge is -2.38. The summed E-state index contributed by atoms with van der Waals surface area (Å²) in [7, 11) is 0. The standard InChI is InChI=1S/C13H27N3O2/c1-10(11(2)14)12(17)15-5-6-16-7-8-18-13(3,4)9-16/h10-11H,5-9,14H2,1-4H3,(H,15,17). The van der Waals surface area contributed by atoms with Crippen LogP contribution in [0.25, 0.3) is 0 Å². The van der Waals surface area contributed by atoms with Gasteiger partial charge in [-0.1, -0.05) is 6.92 Å². The molecule has 106 valence electrons. The number of amides is 1. The molecule has 0 spiro atoms. The van der Waals surface area contributed by atoms with Gasteiger partial charge in [0.15, 0.2) is 0 Å². The Balaban J connectivity index is 2.23. The number of carbonyl (C=O) groups is 1. The highest BCUT2D eigenvalue weighted by Crippen LogP contribution is 2.15. The van der Waals surface area contributed by atoms with Crippen molar-refractivity contribution in [3.63, 3.8) is 0 Å². The smallest absolute Gasteiger partial charge is 0.224 e. The van der Waals surface area contributed by atoms with E-state index in [1.807, 2.05) is 13.8 Å². The molecule has 0 aromatic heterocycles. The molecule has 1 aliphatic heterocycles. The van der Waals surface area contributed by atoms with Gasteiger partial charge in [0.2, 0.25) is 5.91 Å². The van der Waals surface area contributed by atoms with Gasteiger partial charge < -0.3 is 15.8 Å². The summed E-state index contributed by atoms with van der Waals surface area (Å²) in [5.41, 5.74) is 5.62. The van der Waals surface area contributed by atoms with Crippen molar-refractivity contribution in [2.24, 2.45) is 11.7 Å². The van der Waals surface area contributed by atoms with Crippen molar-refractivity contribution in [3.05, 3.63) is 0 Å². The Morgan fingerprint density at radius 1 is 1.50 bits per heavy atom. The first kappa shape index (κ1) is 15.4. The minimum atomic E-state index is -0.133. The molecule has 18 heavy (non-hydrogen) atoms. The first-order valence-electron chi connectivity index (χ1n) is 6.71. The molecule has 5 heteroatoms. The number of hydrogen-bond acceptors (Lipinski definition) is 4. The molecule has 0 aromatic carbocycles. The van der Waals surface area contributed by atoms with Crippen LogP contribution in [0.2, 0.25) is 0 Å². The van der Waals surface area contributed by atoms with Gasteiger partial charge in [0.25, 0.3) is 0 Å². The van der Waals surface area contributed by atoms with Crippen LogP contribution in [0.4, 0.5) is 0 Å². The summed E-state index contributed by atoms with van der Waals surface area (Å²) in [5, 5.41) is 2.94. The van der Waals surface area contributed by atoms with Crippen molar-refractivity contribution in [1.29, 1.82) is 0 Å². The van der Waals surface area contributed by atoms with E-state index in [9.17, 15) is 4.79 Å². The Kier molecular flexibility index (Phi) is 5.56. The Bertz CT molecular complexity index is 279. The van der Waals surface area contributed by atoms with Gasteiger partial charge in [0.05, 0.1) is 12.2 Å². The number of nitrogens with zero attached hydrogens (tertiary/aromatic N) is 1. The molecule has 0 aromatic rings. The topological polar surface area (TPSA) is 67.6 Å². The highest BCUT2D eigenvalue weighted by Gasteiger charge is 2.26. The fourth-order valence-electron chi connectivity index (χ4n) is 2.04. The van der Waals surface area contributed by atoms with Crippen molar-refractivity contribution in [2.45, 2.75) is 39.3 Å². The molecule has 1 amide bonds. The first-order valence-corrected chi connectivity index (χ1v) is 6.71. The summed E-state index contributed by atoms with van der Waals surface area (Å²) < 4.78 is 5.65. The van der Waals surface area contributed by atoms with E-state index in [1.54, 1.807) is 0 Å². The lowest BCUT2D eigenvalue weighted by atomic mass is 10.0. The maximum atomic E-state index is 11.7. The molecule has 0 bridgehead atoms. The Labute approximate surface area is 110 Å². The average molecular weight is 257 g/mol. The largest absolute Gasteiger partial charge is 0.373 e. The first-order chi connectivity index (χ1) is 8.32. The minimum Gasteiger partial charge on any atom is -0.373 e. The van der Waals surface area contributed by atoms with Gasteiger partial charge in [0.1, 0.15) is 0 Å². The third-order valence-corrected chi connectivity index (χ3v) is 3.43. The van der Waals surface area contributed by atoms with E-state index in [0.29, 0.717) is 6.54 Å². The fourth-order valence-corrected chi connectivity index (χ4v) is 2.04. The lowest BCUT2D eigenvalue weighted by molar-refractivity contribution is -0.125. The van der Waals surface area contributed by atoms with Gasteiger partial charge in [-0.05, 0) is 20.8 Å². The number of morpholine rings is 1. The second kappa shape index (κ2) is 6.50. The second-order valence-electron chi connectivity index (χ2n) is 5.82. The van der Waals surface area contributed by atoms with E-state index in [2.05, 4.69) is 24.1 Å². The van der Waals surface area contributed by atoms with Crippen LogP contribution in [0.3, 0.4) is 0 Å². The van der Waals surface area contributed by atoms with Crippen molar-refractivity contribution >= 4 is 5.91 Å². The van der Waals surface area contributed by atoms with Crippen LogP contribution in [0.15, 0.2) is 0 Å². The predicted molar refractivity (Wildman–Crippen MR) is 72.3 cm³/mol. The molecular formula is C13H27N3O2. The quantitative estimate of drug-likeness (QED) is 0.738. The summed E-state index contributed by atoms with van der Waals surface area (Å²) in [6, 6.07) is -0.104. The molecule has 1 heterocycles. The summed E-state index contributed by atoms with van der Waals surface area (Å²) in [6.07, 6.45) is 0. The van der Waals surface area contributed by atoms with E-state index >= 15 is 0 Å². The maximum Gasteiger partial charge on any atom is 0.224 e. The summed E-state index contributed by atoms with van der Waals surface area (Å²) >= 11 is 0. The monoisotopic (exact) mass is 257 g/mol. The zero-order valence-corrected chi connectivity index (χ0v) is 12.0. The van der Waals surface area contributed by atoms with Crippen LogP contribution in [0.5, 0.6) is 0 Å². The number of ether oxygens (including phenoxy) is 1. The molecule has 1 fully saturated rings. The molecular weight excluding hydrogens is 230 g/mol. The van der Waals surface area contributed by atoms with Crippen molar-refractivity contribution < 1.29 is 9.53 Å². The van der Waals surface area contributed by atoms with Gasteiger partial charge in [-0.2, -0.15) is 0 Å². The molecule has 1 saturated heterocycles. The zero-order valence-electron chi connectivity index (χ0n) is 12.0. The third kappa shape index (κ3) is 4.92. The SMILES string of the molecule is CC(N)C(C)C(=O)NCCN1CCOC(C)(C)C1. The summed E-state index contributed by atoms with van der Waals surface area (Å²) in [6.45, 7) is 12.0. The van der Waals surface area contributed by atoms with Crippen molar-refractivity contribution in [3.8, 4) is 0 Å². The highest BCUT2D eigenvalue weighted by molar-refractivity contribution is 5.78. The number of nitrogens with two attached hydrogens (primary N) is 1. The normalized spacial score (nSPS) is 23.4. The number of carbonyl (C=O) groups excluding carboxylic acids is 1. The van der Waals surface area contributed by atoms with Crippen molar-refractivity contribution in [2.75, 3.05) is 32.8 Å². The van der Waals surface area contributed by atoms with Crippen LogP contribution in [0.1, 0.15) is 27.7 Å². The predicted octanol–water partition coefficient (Wildman–Crippen LogP) is 0.197. The molecule has 1 rings (SSSR count). The van der Waals surface area contributed by atoms with Gasteiger partial charge in [-0.15, -0.1) is 0 Å². The Morgan fingerprint density at radius 2 is 2.17 bits per heavy atom. The second-order valence-corrected chi connectivity index (χ2v) is 5.82. The molecule has 2 atom stereocenters. The van der Waals surface area contributed by atoms with Gasteiger partial charge >= 0.3 is 0 Å². The molecule has 0 aliphatic carbocycles. The minimum absolute atomic E-state index is 0.0394. The molecule has 3 N–H and O–H groups in total. The lowest BCUT2D eigenvalue weighted by Crippen LogP contribution is -2.50. The number of nitrogens with one attached hydrogen (secondary N) is 1.